The number of benzene rings is 1. The summed E-state index contributed by atoms with van der Waals surface area (Å²) in [5, 5.41) is 6.72. The zero-order valence-corrected chi connectivity index (χ0v) is 20.5. The molecule has 2 heterocycles. The second-order valence-electron chi connectivity index (χ2n) is 8.61. The van der Waals surface area contributed by atoms with Gasteiger partial charge in [-0.3, -0.25) is 10.3 Å². The Morgan fingerprint density at radius 3 is 2.58 bits per heavy atom. The Bertz CT molecular complexity index is 1030. The van der Waals surface area contributed by atoms with E-state index < -0.39 is 28.9 Å². The molecule has 31 heavy (non-hydrogen) atoms. The van der Waals surface area contributed by atoms with Crippen LogP contribution in [-0.4, -0.2) is 22.0 Å². The lowest BCUT2D eigenvalue weighted by atomic mass is 9.85. The van der Waals surface area contributed by atoms with E-state index in [1.807, 2.05) is 6.92 Å². The Morgan fingerprint density at radius 2 is 2.00 bits per heavy atom. The van der Waals surface area contributed by atoms with E-state index in [0.717, 1.165) is 11.6 Å². The highest BCUT2D eigenvalue weighted by atomic mass is 79.9. The van der Waals surface area contributed by atoms with Crippen LogP contribution in [0.5, 0.6) is 0 Å². The van der Waals surface area contributed by atoms with Gasteiger partial charge in [-0.15, -0.1) is 0 Å². The number of halogens is 3. The first-order valence-electron chi connectivity index (χ1n) is 9.63. The van der Waals surface area contributed by atoms with Gasteiger partial charge in [-0.2, -0.15) is 0 Å². The van der Waals surface area contributed by atoms with Gasteiger partial charge in [0.15, 0.2) is 5.17 Å². The molecule has 0 bridgehead atoms. The number of carbonyl (C=O) groups excluding carboxylic acids is 1. The van der Waals surface area contributed by atoms with E-state index >= 15 is 0 Å². The van der Waals surface area contributed by atoms with Crippen LogP contribution in [0.2, 0.25) is 0 Å². The fourth-order valence-corrected chi connectivity index (χ4v) is 5.37. The van der Waals surface area contributed by atoms with Crippen molar-refractivity contribution in [3.05, 3.63) is 50.8 Å². The van der Waals surface area contributed by atoms with Gasteiger partial charge in [0.05, 0.1) is 15.7 Å². The number of amides is 1. The quantitative estimate of drug-likeness (QED) is 0.474. The molecule has 1 aromatic heterocycles. The standard InChI is InChI=1S/C21H24BrF2N3O3S/c1-10-17(11(2)30-27-10)16-9-21(6,12-7-13(22)15(24)8-14(12)23)26-18(31-16)25-19(28)29-20(3,4)5/h7-8,16H,9H2,1-6H3,(H,25,26,28). The lowest BCUT2D eigenvalue weighted by Crippen LogP contribution is -2.39. The summed E-state index contributed by atoms with van der Waals surface area (Å²) < 4.78 is 39.5. The van der Waals surface area contributed by atoms with Crippen LogP contribution in [0.25, 0.3) is 0 Å². The first kappa shape index (κ1) is 23.7. The zero-order valence-electron chi connectivity index (χ0n) is 18.1. The molecule has 1 amide bonds. The van der Waals surface area contributed by atoms with E-state index in [4.69, 9.17) is 9.26 Å². The normalized spacial score (nSPS) is 21.6. The van der Waals surface area contributed by atoms with Crippen molar-refractivity contribution >= 4 is 39.0 Å². The Kier molecular flexibility index (Phi) is 6.53. The van der Waals surface area contributed by atoms with Crippen LogP contribution >= 0.6 is 27.7 Å². The summed E-state index contributed by atoms with van der Waals surface area (Å²) in [6, 6.07) is 2.22. The number of nitrogens with one attached hydrogen (secondary N) is 1. The number of rotatable bonds is 2. The molecule has 0 saturated carbocycles. The third kappa shape index (κ3) is 5.28. The van der Waals surface area contributed by atoms with E-state index in [9.17, 15) is 13.6 Å². The maximum absolute atomic E-state index is 14.8. The molecule has 168 valence electrons. The molecule has 0 aliphatic carbocycles. The molecule has 0 spiro atoms. The Morgan fingerprint density at radius 1 is 1.32 bits per heavy atom. The monoisotopic (exact) mass is 515 g/mol. The molecule has 2 unspecified atom stereocenters. The van der Waals surface area contributed by atoms with E-state index in [1.54, 1.807) is 34.6 Å². The zero-order chi connectivity index (χ0) is 23.1. The third-order valence-corrected chi connectivity index (χ3v) is 6.50. The van der Waals surface area contributed by atoms with Crippen molar-refractivity contribution in [1.29, 1.82) is 0 Å². The van der Waals surface area contributed by atoms with Crippen LogP contribution in [0.3, 0.4) is 0 Å². The van der Waals surface area contributed by atoms with Gasteiger partial charge in [-0.25, -0.2) is 13.6 Å². The van der Waals surface area contributed by atoms with E-state index in [2.05, 4.69) is 31.4 Å². The minimum absolute atomic E-state index is 0.133. The number of thioether (sulfide) groups is 1. The predicted molar refractivity (Wildman–Crippen MR) is 119 cm³/mol. The summed E-state index contributed by atoms with van der Waals surface area (Å²) in [7, 11) is 0. The van der Waals surface area contributed by atoms with Crippen LogP contribution in [-0.2, 0) is 10.3 Å². The highest BCUT2D eigenvalue weighted by Gasteiger charge is 2.41. The molecule has 0 radical (unpaired) electrons. The first-order valence-corrected chi connectivity index (χ1v) is 11.3. The highest BCUT2D eigenvalue weighted by Crippen LogP contribution is 2.49. The summed E-state index contributed by atoms with van der Waals surface area (Å²) in [6.45, 7) is 10.6. The number of aromatic nitrogens is 1. The minimum atomic E-state index is -1.09. The van der Waals surface area contributed by atoms with Crippen molar-refractivity contribution in [1.82, 2.24) is 10.5 Å². The van der Waals surface area contributed by atoms with Crippen LogP contribution in [0, 0.1) is 25.5 Å². The lowest BCUT2D eigenvalue weighted by molar-refractivity contribution is 0.0564. The lowest BCUT2D eigenvalue weighted by Gasteiger charge is -2.36. The maximum Gasteiger partial charge on any atom is 0.413 e. The number of aryl methyl sites for hydroxylation is 2. The largest absolute Gasteiger partial charge is 0.444 e. The fourth-order valence-electron chi connectivity index (χ4n) is 3.50. The number of carbonyl (C=O) groups is 1. The molecule has 2 atom stereocenters. The number of amidine groups is 1. The average Bonchev–Trinajstić information content (AvgIpc) is 2.94. The molecule has 1 aromatic carbocycles. The molecule has 0 saturated heterocycles. The Hall–Kier alpha value is -1.94. The van der Waals surface area contributed by atoms with Gasteiger partial charge < -0.3 is 9.26 Å². The van der Waals surface area contributed by atoms with Gasteiger partial charge in [0, 0.05) is 22.4 Å². The van der Waals surface area contributed by atoms with Crippen molar-refractivity contribution in [3.63, 3.8) is 0 Å². The average molecular weight is 516 g/mol. The topological polar surface area (TPSA) is 76.7 Å². The Balaban J connectivity index is 2.06. The molecule has 2 aromatic rings. The van der Waals surface area contributed by atoms with Gasteiger partial charge in [0.1, 0.15) is 23.0 Å². The second-order valence-corrected chi connectivity index (χ2v) is 10.7. The number of nitrogens with zero attached hydrogens (tertiary/aromatic N) is 2. The molecular formula is C21H24BrF2N3O3S. The SMILES string of the molecule is Cc1noc(C)c1C1CC(C)(c2cc(Br)c(F)cc2F)N=C(NC(=O)OC(C)(C)C)S1. The van der Waals surface area contributed by atoms with E-state index in [-0.39, 0.29) is 20.5 Å². The van der Waals surface area contributed by atoms with Crippen molar-refractivity contribution in [2.45, 2.75) is 64.4 Å². The molecule has 1 aliphatic rings. The van der Waals surface area contributed by atoms with Crippen molar-refractivity contribution in [3.8, 4) is 0 Å². The van der Waals surface area contributed by atoms with E-state index in [0.29, 0.717) is 17.9 Å². The number of hydrogen-bond donors (Lipinski definition) is 1. The second kappa shape index (κ2) is 8.54. The van der Waals surface area contributed by atoms with Crippen molar-refractivity contribution in [2.75, 3.05) is 0 Å². The maximum atomic E-state index is 14.8. The smallest absolute Gasteiger partial charge is 0.413 e. The molecule has 1 N–H and O–H groups in total. The van der Waals surface area contributed by atoms with Crippen LogP contribution in [0.15, 0.2) is 26.1 Å². The van der Waals surface area contributed by atoms with Crippen LogP contribution in [0.1, 0.15) is 61.9 Å². The van der Waals surface area contributed by atoms with Crippen molar-refractivity contribution in [2.24, 2.45) is 4.99 Å². The number of hydrogen-bond acceptors (Lipinski definition) is 6. The van der Waals surface area contributed by atoms with Gasteiger partial charge in [0.25, 0.3) is 0 Å². The Labute approximate surface area is 192 Å². The number of alkyl carbamates (subject to hydrolysis) is 1. The summed E-state index contributed by atoms with van der Waals surface area (Å²) >= 11 is 4.44. The van der Waals surface area contributed by atoms with Gasteiger partial charge in [-0.05, 0) is 70.0 Å². The molecular weight excluding hydrogens is 492 g/mol. The summed E-state index contributed by atoms with van der Waals surface area (Å²) in [6.07, 6.45) is -0.282. The van der Waals surface area contributed by atoms with E-state index in [1.165, 1.54) is 17.8 Å². The number of aliphatic imine (C=N–C) groups is 1. The highest BCUT2D eigenvalue weighted by molar-refractivity contribution is 9.10. The summed E-state index contributed by atoms with van der Waals surface area (Å²) in [4.78, 5) is 17.0. The van der Waals surface area contributed by atoms with Gasteiger partial charge in [-0.1, -0.05) is 16.9 Å². The first-order chi connectivity index (χ1) is 14.3. The van der Waals surface area contributed by atoms with Crippen molar-refractivity contribution < 1.29 is 22.8 Å². The molecule has 0 fully saturated rings. The van der Waals surface area contributed by atoms with Crippen LogP contribution < -0.4 is 5.32 Å². The van der Waals surface area contributed by atoms with Gasteiger partial charge >= 0.3 is 6.09 Å². The van der Waals surface area contributed by atoms with Crippen LogP contribution in [0.4, 0.5) is 13.6 Å². The third-order valence-electron chi connectivity index (χ3n) is 4.79. The minimum Gasteiger partial charge on any atom is -0.444 e. The van der Waals surface area contributed by atoms with Gasteiger partial charge in [0.2, 0.25) is 0 Å². The predicted octanol–water partition coefficient (Wildman–Crippen LogP) is 6.31. The molecule has 1 aliphatic heterocycles. The fraction of sp³-hybridized carbons (Fsp3) is 0.476. The number of ether oxygens (including phenoxy) is 1. The molecule has 6 nitrogen and oxygen atoms in total. The summed E-state index contributed by atoms with van der Waals surface area (Å²) in [5.74, 6) is -0.780. The molecule has 10 heteroatoms. The molecule has 3 rings (SSSR count). The summed E-state index contributed by atoms with van der Waals surface area (Å²) in [5.41, 5.74) is -0.00643.